The lowest BCUT2D eigenvalue weighted by molar-refractivity contribution is -0.141. The van der Waals surface area contributed by atoms with Gasteiger partial charge in [0.15, 0.2) is 0 Å². The van der Waals surface area contributed by atoms with E-state index in [4.69, 9.17) is 11.5 Å². The Labute approximate surface area is 112 Å². The fraction of sp³-hybridized carbons (Fsp3) is 0.333. The molecule has 1 unspecified atom stereocenters. The van der Waals surface area contributed by atoms with Crippen LogP contribution in [-0.4, -0.2) is 23.5 Å². The van der Waals surface area contributed by atoms with Crippen molar-refractivity contribution in [2.24, 2.45) is 5.92 Å². The highest BCUT2D eigenvalue weighted by atomic mass is 16.4. The van der Waals surface area contributed by atoms with E-state index in [9.17, 15) is 9.59 Å². The molecule has 1 heterocycles. The van der Waals surface area contributed by atoms with Crippen molar-refractivity contribution >= 4 is 17.6 Å². The summed E-state index contributed by atoms with van der Waals surface area (Å²) >= 11 is 0. The van der Waals surface area contributed by atoms with Crippen LogP contribution < -0.4 is 4.90 Å². The molecule has 0 fully saturated rings. The molecule has 0 bridgehead atoms. The topological polar surface area (TPSA) is 57.6 Å². The van der Waals surface area contributed by atoms with Gasteiger partial charge in [0.1, 0.15) is 0 Å². The number of fused-ring (bicyclic) bond motifs is 1. The van der Waals surface area contributed by atoms with Crippen molar-refractivity contribution in [3.8, 4) is 12.3 Å². The highest BCUT2D eigenvalue weighted by Gasteiger charge is 2.31. The van der Waals surface area contributed by atoms with E-state index in [0.29, 0.717) is 12.8 Å². The lowest BCUT2D eigenvalue weighted by Crippen LogP contribution is -2.42. The monoisotopic (exact) mass is 257 g/mol. The van der Waals surface area contributed by atoms with Gasteiger partial charge in [0.2, 0.25) is 5.91 Å². The number of rotatable bonds is 3. The minimum Gasteiger partial charge on any atom is -0.481 e. The van der Waals surface area contributed by atoms with Gasteiger partial charge in [-0.15, -0.1) is 12.3 Å². The Morgan fingerprint density at radius 1 is 1.42 bits per heavy atom. The number of nitrogens with zero attached hydrogens (tertiary/aromatic N) is 1. The predicted molar refractivity (Wildman–Crippen MR) is 71.7 cm³/mol. The first-order chi connectivity index (χ1) is 9.13. The predicted octanol–water partition coefficient (Wildman–Crippen LogP) is 1.69. The first kappa shape index (κ1) is 13.2. The number of hydrogen-bond acceptors (Lipinski definition) is 2. The third-order valence-corrected chi connectivity index (χ3v) is 3.29. The molecule has 4 nitrogen and oxygen atoms in total. The molecule has 1 aromatic rings. The normalized spacial score (nSPS) is 17.4. The van der Waals surface area contributed by atoms with Crippen LogP contribution in [0.2, 0.25) is 0 Å². The number of terminal acetylenes is 1. The van der Waals surface area contributed by atoms with Gasteiger partial charge in [-0.1, -0.05) is 18.2 Å². The quantitative estimate of drug-likeness (QED) is 0.838. The zero-order valence-electron chi connectivity index (χ0n) is 10.5. The number of carboxylic acids is 1. The highest BCUT2D eigenvalue weighted by molar-refractivity contribution is 5.95. The molecule has 0 aromatic heterocycles. The average Bonchev–Trinajstić information content (AvgIpc) is 2.43. The van der Waals surface area contributed by atoms with E-state index in [1.54, 1.807) is 4.90 Å². The maximum Gasteiger partial charge on any atom is 0.308 e. The van der Waals surface area contributed by atoms with E-state index in [0.717, 1.165) is 11.3 Å². The lowest BCUT2D eigenvalue weighted by Gasteiger charge is -2.32. The minimum absolute atomic E-state index is 0.114. The summed E-state index contributed by atoms with van der Waals surface area (Å²) in [5.74, 6) is 0.895. The Morgan fingerprint density at radius 2 is 2.16 bits per heavy atom. The van der Waals surface area contributed by atoms with E-state index in [2.05, 4.69) is 5.92 Å². The van der Waals surface area contributed by atoms with E-state index < -0.39 is 11.9 Å². The van der Waals surface area contributed by atoms with Crippen molar-refractivity contribution in [2.75, 3.05) is 11.4 Å². The van der Waals surface area contributed by atoms with Gasteiger partial charge < -0.3 is 10.0 Å². The maximum atomic E-state index is 12.1. The highest BCUT2D eigenvalue weighted by Crippen LogP contribution is 2.30. The number of aliphatic carboxylic acids is 1. The van der Waals surface area contributed by atoms with Gasteiger partial charge >= 0.3 is 5.97 Å². The number of amides is 1. The average molecular weight is 257 g/mol. The van der Waals surface area contributed by atoms with Gasteiger partial charge in [-0.05, 0) is 18.1 Å². The molecule has 0 saturated carbocycles. The number of benzene rings is 1. The fourth-order valence-corrected chi connectivity index (χ4v) is 2.31. The van der Waals surface area contributed by atoms with Crippen LogP contribution in [0.3, 0.4) is 0 Å². The van der Waals surface area contributed by atoms with Crippen LogP contribution in [0.1, 0.15) is 18.4 Å². The van der Waals surface area contributed by atoms with Crippen LogP contribution in [0.5, 0.6) is 0 Å². The Hall–Kier alpha value is -2.28. The maximum absolute atomic E-state index is 12.1. The summed E-state index contributed by atoms with van der Waals surface area (Å²) in [7, 11) is 0. The minimum atomic E-state index is -0.871. The second kappa shape index (κ2) is 5.57. The van der Waals surface area contributed by atoms with Crippen molar-refractivity contribution in [3.63, 3.8) is 0 Å². The Balaban J connectivity index is 2.29. The Bertz CT molecular complexity index is 545. The molecule has 4 heteroatoms. The van der Waals surface area contributed by atoms with Crippen LogP contribution in [0.25, 0.3) is 0 Å². The van der Waals surface area contributed by atoms with E-state index >= 15 is 0 Å². The van der Waals surface area contributed by atoms with Gasteiger partial charge in [-0.25, -0.2) is 0 Å². The van der Waals surface area contributed by atoms with E-state index in [-0.39, 0.29) is 18.9 Å². The second-order valence-corrected chi connectivity index (χ2v) is 4.58. The summed E-state index contributed by atoms with van der Waals surface area (Å²) in [6.45, 7) is 0.218. The summed E-state index contributed by atoms with van der Waals surface area (Å²) in [5.41, 5.74) is 1.71. The number of anilines is 1. The first-order valence-corrected chi connectivity index (χ1v) is 6.18. The van der Waals surface area contributed by atoms with Gasteiger partial charge in [-0.2, -0.15) is 0 Å². The molecule has 0 radical (unpaired) electrons. The van der Waals surface area contributed by atoms with Gasteiger partial charge in [0, 0.05) is 25.1 Å². The summed E-state index contributed by atoms with van der Waals surface area (Å²) in [4.78, 5) is 24.9. The molecule has 2 rings (SSSR count). The largest absolute Gasteiger partial charge is 0.481 e. The molecule has 1 atom stereocenters. The van der Waals surface area contributed by atoms with Gasteiger partial charge in [0.25, 0.3) is 0 Å². The third kappa shape index (κ3) is 2.76. The van der Waals surface area contributed by atoms with Crippen molar-refractivity contribution in [1.29, 1.82) is 0 Å². The second-order valence-electron chi connectivity index (χ2n) is 4.58. The number of carbonyl (C=O) groups is 2. The fourth-order valence-electron chi connectivity index (χ4n) is 2.31. The zero-order chi connectivity index (χ0) is 13.8. The number of hydrogen-bond donors (Lipinski definition) is 1. The summed E-state index contributed by atoms with van der Waals surface area (Å²) in [6.07, 6.45) is 6.24. The standard InChI is InChI=1S/C15H15NO3/c1-2-3-8-14(17)16-10-12(15(18)19)9-11-6-4-5-7-13(11)16/h1,4-7,12H,3,8-10H2,(H,18,19). The van der Waals surface area contributed by atoms with Crippen LogP contribution in [0.4, 0.5) is 5.69 Å². The molecule has 1 aromatic carbocycles. The smallest absolute Gasteiger partial charge is 0.308 e. The lowest BCUT2D eigenvalue weighted by atomic mass is 9.92. The van der Waals surface area contributed by atoms with E-state index in [1.165, 1.54) is 0 Å². The molecule has 0 spiro atoms. The van der Waals surface area contributed by atoms with Crippen molar-refractivity contribution < 1.29 is 14.7 Å². The summed E-state index contributed by atoms with van der Waals surface area (Å²) in [5, 5.41) is 9.17. The first-order valence-electron chi connectivity index (χ1n) is 6.18. The molecule has 19 heavy (non-hydrogen) atoms. The molecule has 0 aliphatic carbocycles. The van der Waals surface area contributed by atoms with Crippen LogP contribution >= 0.6 is 0 Å². The molecule has 1 aliphatic rings. The molecule has 1 amide bonds. The van der Waals surface area contributed by atoms with Crippen molar-refractivity contribution in [3.05, 3.63) is 29.8 Å². The number of para-hydroxylation sites is 1. The van der Waals surface area contributed by atoms with Gasteiger partial charge in [0.05, 0.1) is 5.92 Å². The van der Waals surface area contributed by atoms with Gasteiger partial charge in [-0.3, -0.25) is 9.59 Å². The van der Waals surface area contributed by atoms with Crippen LogP contribution in [0, 0.1) is 18.3 Å². The summed E-state index contributed by atoms with van der Waals surface area (Å²) < 4.78 is 0. The molecule has 1 aliphatic heterocycles. The number of carbonyl (C=O) groups excluding carboxylic acids is 1. The van der Waals surface area contributed by atoms with Crippen LogP contribution in [-0.2, 0) is 16.0 Å². The van der Waals surface area contributed by atoms with Crippen molar-refractivity contribution in [1.82, 2.24) is 0 Å². The molecule has 0 saturated heterocycles. The number of carboxylic acid groups (broad SMARTS) is 1. The third-order valence-electron chi connectivity index (χ3n) is 3.29. The molecule has 1 N–H and O–H groups in total. The molecular formula is C15H15NO3. The molecule has 98 valence electrons. The van der Waals surface area contributed by atoms with Crippen LogP contribution in [0.15, 0.2) is 24.3 Å². The van der Waals surface area contributed by atoms with Crippen molar-refractivity contribution in [2.45, 2.75) is 19.3 Å². The molecular weight excluding hydrogens is 242 g/mol. The Morgan fingerprint density at radius 3 is 2.84 bits per heavy atom. The SMILES string of the molecule is C#CCCC(=O)N1CC(C(=O)O)Cc2ccccc21. The zero-order valence-corrected chi connectivity index (χ0v) is 10.5. The summed E-state index contributed by atoms with van der Waals surface area (Å²) in [6, 6.07) is 7.42. The van der Waals surface area contributed by atoms with E-state index in [1.807, 2.05) is 24.3 Å². The Kier molecular flexibility index (Phi) is 3.86.